The molecule has 0 saturated heterocycles. The van der Waals surface area contributed by atoms with E-state index in [4.69, 9.17) is 10.4 Å². The summed E-state index contributed by atoms with van der Waals surface area (Å²) in [6.07, 6.45) is -2.90. The van der Waals surface area contributed by atoms with Gasteiger partial charge in [0.15, 0.2) is 0 Å². The van der Waals surface area contributed by atoms with E-state index in [1.54, 1.807) is 6.07 Å². The van der Waals surface area contributed by atoms with Crippen molar-refractivity contribution >= 4 is 5.97 Å². The molecule has 0 unspecified atom stereocenters. The van der Waals surface area contributed by atoms with E-state index >= 15 is 0 Å². The maximum absolute atomic E-state index is 12.5. The normalized spacial score (nSPS) is 10.1. The van der Waals surface area contributed by atoms with Crippen molar-refractivity contribution in [1.82, 2.24) is 0 Å². The molecule has 5 heteroatoms. The van der Waals surface area contributed by atoms with Crippen LogP contribution < -0.4 is 0 Å². The van der Waals surface area contributed by atoms with Gasteiger partial charge in [-0.25, -0.2) is 13.6 Å². The summed E-state index contributed by atoms with van der Waals surface area (Å²) in [6.45, 7) is 1.50. The van der Waals surface area contributed by atoms with Crippen LogP contribution in [-0.2, 0) is 0 Å². The molecule has 15 heavy (non-hydrogen) atoms. The summed E-state index contributed by atoms with van der Waals surface area (Å²) in [7, 11) is 0. The summed E-state index contributed by atoms with van der Waals surface area (Å²) in [5, 5.41) is 17.3. The van der Waals surface area contributed by atoms with Crippen LogP contribution in [0.2, 0.25) is 0 Å². The number of aromatic carboxylic acids is 1. The summed E-state index contributed by atoms with van der Waals surface area (Å²) < 4.78 is 24.9. The first-order chi connectivity index (χ1) is 6.97. The lowest BCUT2D eigenvalue weighted by Crippen LogP contribution is -2.04. The second-order valence-electron chi connectivity index (χ2n) is 2.97. The summed E-state index contributed by atoms with van der Waals surface area (Å²) >= 11 is 0. The van der Waals surface area contributed by atoms with E-state index in [1.807, 2.05) is 0 Å². The highest BCUT2D eigenvalue weighted by molar-refractivity contribution is 5.90. The molecule has 0 bridgehead atoms. The zero-order chi connectivity index (χ0) is 11.6. The lowest BCUT2D eigenvalue weighted by molar-refractivity contribution is 0.0684. The van der Waals surface area contributed by atoms with E-state index in [9.17, 15) is 13.6 Å². The Morgan fingerprint density at radius 2 is 2.13 bits per heavy atom. The number of aryl methyl sites for hydroxylation is 1. The van der Waals surface area contributed by atoms with Gasteiger partial charge in [0.2, 0.25) is 0 Å². The van der Waals surface area contributed by atoms with Gasteiger partial charge in [0, 0.05) is 5.56 Å². The van der Waals surface area contributed by atoms with Crippen molar-refractivity contribution < 1.29 is 18.7 Å². The van der Waals surface area contributed by atoms with Gasteiger partial charge in [-0.3, -0.25) is 0 Å². The highest BCUT2D eigenvalue weighted by Gasteiger charge is 2.19. The Kier molecular flexibility index (Phi) is 3.00. The molecule has 0 amide bonds. The quantitative estimate of drug-likeness (QED) is 0.817. The molecule has 0 heterocycles. The second kappa shape index (κ2) is 4.05. The molecule has 0 aliphatic heterocycles. The van der Waals surface area contributed by atoms with Crippen LogP contribution in [0.5, 0.6) is 0 Å². The lowest BCUT2D eigenvalue weighted by atomic mass is 10.00. The number of nitrogens with zero attached hydrogens (tertiary/aromatic N) is 1. The van der Waals surface area contributed by atoms with Crippen LogP contribution in [0.1, 0.15) is 33.5 Å². The maximum atomic E-state index is 12.5. The third-order valence-corrected chi connectivity index (χ3v) is 1.98. The number of rotatable bonds is 2. The number of halogens is 2. The van der Waals surface area contributed by atoms with Crippen LogP contribution in [0.15, 0.2) is 12.1 Å². The minimum absolute atomic E-state index is 0.0651. The van der Waals surface area contributed by atoms with Crippen LogP contribution in [0.4, 0.5) is 8.78 Å². The van der Waals surface area contributed by atoms with Gasteiger partial charge in [0.25, 0.3) is 6.43 Å². The Balaban J connectivity index is 3.47. The number of hydrogen-bond acceptors (Lipinski definition) is 2. The van der Waals surface area contributed by atoms with Crippen LogP contribution in [0.25, 0.3) is 0 Å². The van der Waals surface area contributed by atoms with Crippen molar-refractivity contribution in [2.75, 3.05) is 0 Å². The Morgan fingerprint density at radius 3 is 2.53 bits per heavy atom. The molecule has 0 aromatic heterocycles. The molecule has 0 fully saturated rings. The van der Waals surface area contributed by atoms with Crippen LogP contribution in [0, 0.1) is 18.3 Å². The van der Waals surface area contributed by atoms with E-state index in [0.717, 1.165) is 12.1 Å². The number of carboxylic acid groups (broad SMARTS) is 1. The highest BCUT2D eigenvalue weighted by atomic mass is 19.3. The molecule has 1 rings (SSSR count). The molecule has 3 nitrogen and oxygen atoms in total. The van der Waals surface area contributed by atoms with E-state index in [2.05, 4.69) is 0 Å². The predicted octanol–water partition coefficient (Wildman–Crippen LogP) is 2.50. The van der Waals surface area contributed by atoms with Gasteiger partial charge in [-0.05, 0) is 24.6 Å². The molecule has 0 radical (unpaired) electrons. The van der Waals surface area contributed by atoms with Crippen LogP contribution in [-0.4, -0.2) is 11.1 Å². The average molecular weight is 211 g/mol. The minimum Gasteiger partial charge on any atom is -0.478 e. The fourth-order valence-corrected chi connectivity index (χ4v) is 1.21. The molecule has 1 N–H and O–H groups in total. The maximum Gasteiger partial charge on any atom is 0.336 e. The van der Waals surface area contributed by atoms with Gasteiger partial charge in [0.1, 0.15) is 0 Å². The van der Waals surface area contributed by atoms with Crippen molar-refractivity contribution in [3.63, 3.8) is 0 Å². The van der Waals surface area contributed by atoms with E-state index in [1.165, 1.54) is 6.92 Å². The first kappa shape index (κ1) is 11.1. The standard InChI is InChI=1S/C10H7F2NO2/c1-5-2-8(10(14)15)7(9(11)12)3-6(5)4-13/h2-3,9H,1H3,(H,14,15). The number of alkyl halides is 2. The fraction of sp³-hybridized carbons (Fsp3) is 0.200. The van der Waals surface area contributed by atoms with Gasteiger partial charge in [-0.15, -0.1) is 0 Å². The van der Waals surface area contributed by atoms with E-state index in [0.29, 0.717) is 5.56 Å². The van der Waals surface area contributed by atoms with E-state index in [-0.39, 0.29) is 5.56 Å². The molecule has 0 atom stereocenters. The number of carbonyl (C=O) groups is 1. The van der Waals surface area contributed by atoms with Crippen molar-refractivity contribution in [3.8, 4) is 6.07 Å². The monoisotopic (exact) mass is 211 g/mol. The largest absolute Gasteiger partial charge is 0.478 e. The summed E-state index contributed by atoms with van der Waals surface area (Å²) in [5.41, 5.74) is -0.638. The SMILES string of the molecule is Cc1cc(C(=O)O)c(C(F)F)cc1C#N. The Morgan fingerprint density at radius 1 is 1.53 bits per heavy atom. The van der Waals surface area contributed by atoms with Gasteiger partial charge in [0.05, 0.1) is 17.2 Å². The molecular weight excluding hydrogens is 204 g/mol. The molecule has 0 saturated carbocycles. The molecule has 0 aliphatic rings. The van der Waals surface area contributed by atoms with Gasteiger partial charge >= 0.3 is 5.97 Å². The third kappa shape index (κ3) is 2.10. The van der Waals surface area contributed by atoms with Gasteiger partial charge in [-0.1, -0.05) is 0 Å². The molecule has 78 valence electrons. The Hall–Kier alpha value is -1.96. The molecule has 0 spiro atoms. The molecule has 0 aliphatic carbocycles. The van der Waals surface area contributed by atoms with Crippen molar-refractivity contribution in [2.45, 2.75) is 13.3 Å². The minimum atomic E-state index is -2.90. The van der Waals surface area contributed by atoms with E-state index < -0.39 is 23.5 Å². The molecule has 1 aromatic carbocycles. The number of nitriles is 1. The topological polar surface area (TPSA) is 61.1 Å². The second-order valence-corrected chi connectivity index (χ2v) is 2.97. The van der Waals surface area contributed by atoms with Gasteiger partial charge < -0.3 is 5.11 Å². The molecular formula is C10H7F2NO2. The zero-order valence-electron chi connectivity index (χ0n) is 7.79. The third-order valence-electron chi connectivity index (χ3n) is 1.98. The summed E-state index contributed by atoms with van der Waals surface area (Å²) in [6, 6.07) is 3.74. The van der Waals surface area contributed by atoms with Crippen LogP contribution >= 0.6 is 0 Å². The highest BCUT2D eigenvalue weighted by Crippen LogP contribution is 2.26. The smallest absolute Gasteiger partial charge is 0.336 e. The zero-order valence-corrected chi connectivity index (χ0v) is 7.79. The molecule has 1 aromatic rings. The number of hydrogen-bond donors (Lipinski definition) is 1. The van der Waals surface area contributed by atoms with Gasteiger partial charge in [-0.2, -0.15) is 5.26 Å². The average Bonchev–Trinajstić information content (AvgIpc) is 2.16. The summed E-state index contributed by atoms with van der Waals surface area (Å²) in [4.78, 5) is 10.7. The van der Waals surface area contributed by atoms with Crippen molar-refractivity contribution in [1.29, 1.82) is 5.26 Å². The number of carboxylic acids is 1. The van der Waals surface area contributed by atoms with Crippen molar-refractivity contribution in [2.24, 2.45) is 0 Å². The summed E-state index contributed by atoms with van der Waals surface area (Å²) in [5.74, 6) is -1.42. The van der Waals surface area contributed by atoms with Crippen molar-refractivity contribution in [3.05, 3.63) is 34.4 Å². The Labute approximate surface area is 84.6 Å². The Bertz CT molecular complexity index is 449. The first-order valence-electron chi connectivity index (χ1n) is 4.03. The predicted molar refractivity (Wildman–Crippen MR) is 47.8 cm³/mol. The van der Waals surface area contributed by atoms with Crippen LogP contribution in [0.3, 0.4) is 0 Å². The number of benzene rings is 1. The first-order valence-corrected chi connectivity index (χ1v) is 4.03. The fourth-order valence-electron chi connectivity index (χ4n) is 1.21. The lowest BCUT2D eigenvalue weighted by Gasteiger charge is -2.07.